The van der Waals surface area contributed by atoms with Gasteiger partial charge < -0.3 is 0 Å². The van der Waals surface area contributed by atoms with Crippen molar-refractivity contribution < 1.29 is 16.2 Å². The van der Waals surface area contributed by atoms with Gasteiger partial charge in [-0.25, -0.2) is 0 Å². The molecule has 0 aliphatic rings. The predicted octanol–water partition coefficient (Wildman–Crippen LogP) is 1.06. The summed E-state index contributed by atoms with van der Waals surface area (Å²) in [6, 6.07) is 0. The maximum atomic E-state index is 5.10. The summed E-state index contributed by atoms with van der Waals surface area (Å²) in [5.74, 6) is 0. The summed E-state index contributed by atoms with van der Waals surface area (Å²) in [6.45, 7) is 0. The molecule has 0 radical (unpaired) electrons. The van der Waals surface area contributed by atoms with Crippen molar-refractivity contribution in [1.29, 1.82) is 0 Å². The summed E-state index contributed by atoms with van der Waals surface area (Å²) in [5, 5.41) is 0. The van der Waals surface area contributed by atoms with Crippen LogP contribution in [0, 0.1) is 0 Å². The van der Waals surface area contributed by atoms with Crippen LogP contribution in [0.25, 0.3) is 0 Å². The molecule has 0 aromatic heterocycles. The van der Waals surface area contributed by atoms with Crippen LogP contribution in [0.5, 0.6) is 0 Å². The predicted molar refractivity (Wildman–Crippen MR) is 18.5 cm³/mol. The minimum atomic E-state index is -0.449. The molecule has 0 aromatic carbocycles. The number of hydrogen-bond acceptors (Lipinski definition) is 1. The first kappa shape index (κ1) is 4.94. The van der Waals surface area contributed by atoms with Crippen molar-refractivity contribution in [2.24, 2.45) is 0 Å². The summed E-state index contributed by atoms with van der Waals surface area (Å²) in [7, 11) is 5.10. The van der Waals surface area contributed by atoms with E-state index in [1.807, 2.05) is 0 Å². The molecule has 26 valence electrons. The molecule has 0 aromatic rings. The molecule has 0 fully saturated rings. The fourth-order valence-electron chi connectivity index (χ4n) is 0. The van der Waals surface area contributed by atoms with Gasteiger partial charge in [0.1, 0.15) is 0 Å². The Kier molecular flexibility index (Phi) is 4.86. The molecule has 0 aliphatic heterocycles. The molecule has 0 N–H and O–H groups in total. The van der Waals surface area contributed by atoms with Gasteiger partial charge in [0.25, 0.3) is 0 Å². The van der Waals surface area contributed by atoms with Gasteiger partial charge in [-0.2, -0.15) is 0 Å². The Hall–Kier alpha value is 0.939. The van der Waals surface area contributed by atoms with E-state index in [0.717, 1.165) is 0 Å². The molecule has 0 heterocycles. The first-order valence-corrected chi connectivity index (χ1v) is 5.07. The molecule has 0 nitrogen and oxygen atoms in total. The Morgan fingerprint density at radius 2 is 2.25 bits per heavy atom. The fourth-order valence-corrected chi connectivity index (χ4v) is 0. The monoisotopic (exact) mass is 272 g/mol. The second kappa shape index (κ2) is 3.94. The van der Waals surface area contributed by atoms with Crippen LogP contribution in [0.3, 0.4) is 0 Å². The molecular weight excluding hydrogens is 272 g/mol. The SMILES string of the molecule is S=[C]=[Ir][Cl]. The number of thiocarbonyl (C=S) groups is 1. The Bertz CT molecular complexity index is 46.0. The summed E-state index contributed by atoms with van der Waals surface area (Å²) in [5.41, 5.74) is 0. The molecule has 0 saturated heterocycles. The Morgan fingerprint density at radius 1 is 2.00 bits per heavy atom. The molecule has 0 atom stereocenters. The van der Waals surface area contributed by atoms with Crippen LogP contribution in [0.2, 0.25) is 0 Å². The van der Waals surface area contributed by atoms with Crippen molar-refractivity contribution in [3.8, 4) is 0 Å². The van der Waals surface area contributed by atoms with Crippen molar-refractivity contribution in [2.45, 2.75) is 0 Å². The molecule has 0 spiro atoms. The van der Waals surface area contributed by atoms with Gasteiger partial charge in [-0.15, -0.1) is 0 Å². The summed E-state index contributed by atoms with van der Waals surface area (Å²) < 4.78 is 2.40. The third kappa shape index (κ3) is 2.94. The molecule has 3 heteroatoms. The quantitative estimate of drug-likeness (QED) is 0.594. The molecule has 0 bridgehead atoms. The van der Waals surface area contributed by atoms with Gasteiger partial charge in [0.05, 0.1) is 0 Å². The Labute approximate surface area is 41.6 Å². The normalized spacial score (nSPS) is 6.25. The molecule has 0 unspecified atom stereocenters. The molecule has 0 amide bonds. The molecular formula is CClIrS. The molecule has 4 heavy (non-hydrogen) atoms. The van der Waals surface area contributed by atoms with Crippen molar-refractivity contribution >= 4 is 25.3 Å². The molecule has 0 aliphatic carbocycles. The first-order chi connectivity index (χ1) is 1.91. The van der Waals surface area contributed by atoms with Gasteiger partial charge in [0.15, 0.2) is 0 Å². The van der Waals surface area contributed by atoms with Crippen LogP contribution in [0.1, 0.15) is 0 Å². The van der Waals surface area contributed by atoms with Crippen LogP contribution in [-0.2, 0) is 16.2 Å². The van der Waals surface area contributed by atoms with E-state index in [0.29, 0.717) is 0 Å². The van der Waals surface area contributed by atoms with Gasteiger partial charge in [-0.1, -0.05) is 0 Å². The zero-order chi connectivity index (χ0) is 3.41. The van der Waals surface area contributed by atoms with Crippen molar-refractivity contribution in [3.05, 3.63) is 0 Å². The summed E-state index contributed by atoms with van der Waals surface area (Å²) in [4.78, 5) is 0. The van der Waals surface area contributed by atoms with Crippen LogP contribution >= 0.6 is 21.8 Å². The second-order valence-electron chi connectivity index (χ2n) is 0.131. The Morgan fingerprint density at radius 3 is 2.25 bits per heavy atom. The van der Waals surface area contributed by atoms with E-state index >= 15 is 0 Å². The van der Waals surface area contributed by atoms with Gasteiger partial charge in [0.2, 0.25) is 0 Å². The van der Waals surface area contributed by atoms with E-state index in [1.165, 1.54) is 0 Å². The van der Waals surface area contributed by atoms with Gasteiger partial charge in [-0.05, 0) is 0 Å². The van der Waals surface area contributed by atoms with Crippen molar-refractivity contribution in [2.75, 3.05) is 0 Å². The topological polar surface area (TPSA) is 0 Å². The number of rotatable bonds is 0. The van der Waals surface area contributed by atoms with E-state index in [9.17, 15) is 0 Å². The summed E-state index contributed by atoms with van der Waals surface area (Å²) in [6.07, 6.45) is 0. The van der Waals surface area contributed by atoms with E-state index < -0.39 is 16.2 Å². The van der Waals surface area contributed by atoms with Crippen LogP contribution in [0.4, 0.5) is 0 Å². The van der Waals surface area contributed by atoms with Crippen LogP contribution < -0.4 is 0 Å². The van der Waals surface area contributed by atoms with E-state index in [2.05, 4.69) is 15.7 Å². The van der Waals surface area contributed by atoms with E-state index in [-0.39, 0.29) is 0 Å². The maximum absolute atomic E-state index is 5.10. The third-order valence-corrected chi connectivity index (χ3v) is 1.89. The van der Waals surface area contributed by atoms with E-state index in [4.69, 9.17) is 9.58 Å². The minimum absolute atomic E-state index is 0.449. The fraction of sp³-hybridized carbons (Fsp3) is 0. The zero-order valence-electron chi connectivity index (χ0n) is 1.62. The van der Waals surface area contributed by atoms with Gasteiger partial charge in [-0.3, -0.25) is 0 Å². The van der Waals surface area contributed by atoms with Crippen LogP contribution in [0.15, 0.2) is 0 Å². The summed E-state index contributed by atoms with van der Waals surface area (Å²) >= 11 is 3.78. The number of hydrogen-bond donors (Lipinski definition) is 0. The standard InChI is InChI=1S/CS.ClH.Ir/c1-2;;/h;1H;/q;;+1/p-1. The third-order valence-electron chi connectivity index (χ3n) is 0.0257. The van der Waals surface area contributed by atoms with Crippen molar-refractivity contribution in [1.82, 2.24) is 0 Å². The van der Waals surface area contributed by atoms with E-state index in [1.54, 1.807) is 0 Å². The van der Waals surface area contributed by atoms with Crippen LogP contribution in [-0.4, -0.2) is 3.47 Å². The average molecular weight is 272 g/mol. The second-order valence-corrected chi connectivity index (χ2v) is 3.22. The van der Waals surface area contributed by atoms with Gasteiger partial charge in [0, 0.05) is 0 Å². The van der Waals surface area contributed by atoms with Gasteiger partial charge >= 0.3 is 41.5 Å². The average Bonchev–Trinajstić information content (AvgIpc) is 1.37. The zero-order valence-corrected chi connectivity index (χ0v) is 5.59. The molecule has 0 saturated carbocycles. The Balaban J connectivity index is 3.11. The van der Waals surface area contributed by atoms with Crippen molar-refractivity contribution in [3.63, 3.8) is 0 Å². The number of halogens is 1. The molecule has 0 rings (SSSR count). The first-order valence-electron chi connectivity index (χ1n) is 0.497.